The van der Waals surface area contributed by atoms with Crippen LogP contribution in [0.3, 0.4) is 0 Å². The standard InChI is InChI=1S/C41H52O7Si/c1-31-26-38-39(48-41(31,44-6)25-15-9-10-16-33(42)29-45-28-32-21-23-34(43-5)24-22-32)27-35(47-38)30-46-49(40(2,3)4,36-17-11-7-12-18-36)37-19-13-8-14-20-37/h7-8,10-14,16-24,31,33,35,38-39,42H,9,26-30H2,1-6H3/b16-10-/t31-,33+,35+,38-,39-,41+/m1/s1. The fourth-order valence-corrected chi connectivity index (χ4v) is 11.6. The molecule has 8 heteroatoms. The molecule has 2 heterocycles. The van der Waals surface area contributed by atoms with Gasteiger partial charge in [0.05, 0.1) is 51.3 Å². The first kappa shape index (κ1) is 37.0. The van der Waals surface area contributed by atoms with Crippen LogP contribution in [0.15, 0.2) is 97.1 Å². The van der Waals surface area contributed by atoms with Crippen molar-refractivity contribution in [3.8, 4) is 17.6 Å². The highest BCUT2D eigenvalue weighted by Gasteiger charge is 2.53. The highest BCUT2D eigenvalue weighted by molar-refractivity contribution is 6.99. The number of fused-ring (bicyclic) bond motifs is 1. The molecule has 0 unspecified atom stereocenters. The average Bonchev–Trinajstić information content (AvgIpc) is 3.49. The summed E-state index contributed by atoms with van der Waals surface area (Å²) in [6.07, 6.45) is 4.51. The van der Waals surface area contributed by atoms with Crippen LogP contribution in [0.25, 0.3) is 0 Å². The van der Waals surface area contributed by atoms with Crippen LogP contribution in [-0.2, 0) is 30.0 Å². The smallest absolute Gasteiger partial charge is 0.261 e. The fourth-order valence-electron chi connectivity index (χ4n) is 7.05. The summed E-state index contributed by atoms with van der Waals surface area (Å²) in [5.74, 6) is 6.27. The summed E-state index contributed by atoms with van der Waals surface area (Å²) in [4.78, 5) is 0. The van der Waals surface area contributed by atoms with Gasteiger partial charge < -0.3 is 33.2 Å². The van der Waals surface area contributed by atoms with Crippen LogP contribution >= 0.6 is 0 Å². The molecule has 262 valence electrons. The summed E-state index contributed by atoms with van der Waals surface area (Å²) < 4.78 is 37.2. The Bertz CT molecular complexity index is 1500. The summed E-state index contributed by atoms with van der Waals surface area (Å²) in [6.45, 7) is 10.1. The van der Waals surface area contributed by atoms with Gasteiger partial charge >= 0.3 is 0 Å². The predicted molar refractivity (Wildman–Crippen MR) is 195 cm³/mol. The van der Waals surface area contributed by atoms with Gasteiger partial charge in [-0.05, 0) is 45.4 Å². The largest absolute Gasteiger partial charge is 0.497 e. The van der Waals surface area contributed by atoms with Crippen LogP contribution in [0.5, 0.6) is 5.75 Å². The Morgan fingerprint density at radius 2 is 1.59 bits per heavy atom. The lowest BCUT2D eigenvalue weighted by Gasteiger charge is -2.43. The number of methoxy groups -OCH3 is 2. The molecule has 2 fully saturated rings. The zero-order valence-electron chi connectivity index (χ0n) is 29.8. The normalized spacial score (nSPS) is 24.6. The van der Waals surface area contributed by atoms with E-state index in [4.69, 9.17) is 28.1 Å². The van der Waals surface area contributed by atoms with Crippen LogP contribution < -0.4 is 15.1 Å². The molecule has 3 aromatic carbocycles. The molecular weight excluding hydrogens is 633 g/mol. The molecule has 0 spiro atoms. The number of aliphatic hydroxyl groups excluding tert-OH is 1. The third-order valence-corrected chi connectivity index (χ3v) is 14.6. The van der Waals surface area contributed by atoms with Crippen molar-refractivity contribution in [3.05, 3.63) is 103 Å². The first-order valence-corrected chi connectivity index (χ1v) is 19.2. The summed E-state index contributed by atoms with van der Waals surface area (Å²) in [7, 11) is 0.617. The van der Waals surface area contributed by atoms with Gasteiger partial charge in [-0.2, -0.15) is 0 Å². The van der Waals surface area contributed by atoms with Crippen molar-refractivity contribution < 1.29 is 33.2 Å². The summed E-state index contributed by atoms with van der Waals surface area (Å²) in [5, 5.41) is 12.7. The van der Waals surface area contributed by atoms with Crippen LogP contribution in [0, 0.1) is 17.8 Å². The van der Waals surface area contributed by atoms with Crippen LogP contribution in [0.2, 0.25) is 5.04 Å². The van der Waals surface area contributed by atoms with E-state index in [-0.39, 0.29) is 35.9 Å². The second-order valence-corrected chi connectivity index (χ2v) is 18.3. The Kier molecular flexibility index (Phi) is 12.6. The Labute approximate surface area is 293 Å². The summed E-state index contributed by atoms with van der Waals surface area (Å²) in [5.41, 5.74) is 1.02. The minimum absolute atomic E-state index is 0.00326. The first-order valence-electron chi connectivity index (χ1n) is 17.3. The number of allylic oxidation sites excluding steroid dienone is 1. The number of ether oxygens (including phenoxy) is 5. The Morgan fingerprint density at radius 1 is 0.939 bits per heavy atom. The molecule has 0 bridgehead atoms. The van der Waals surface area contributed by atoms with Crippen molar-refractivity contribution in [2.24, 2.45) is 5.92 Å². The molecule has 0 amide bonds. The molecular formula is C41H52O7Si. The summed E-state index contributed by atoms with van der Waals surface area (Å²) in [6, 6.07) is 29.1. The minimum atomic E-state index is -2.68. The SMILES string of the molecule is COc1ccc(COC[C@@H](O)/C=C\CC#C[C@]2(OC)O[C@@H]3C[C@@H](CO[Si](c4ccccc4)(c4ccccc4)C(C)(C)C)O[C@@H]3C[C@H]2C)cc1. The Hall–Kier alpha value is -3.26. The molecule has 0 saturated carbocycles. The first-order chi connectivity index (χ1) is 23.6. The number of aliphatic hydroxyl groups is 1. The van der Waals surface area contributed by atoms with Crippen molar-refractivity contribution in [2.45, 2.75) is 88.8 Å². The number of benzene rings is 3. The fraction of sp³-hybridized carbons (Fsp3) is 0.463. The van der Waals surface area contributed by atoms with E-state index < -0.39 is 20.2 Å². The summed E-state index contributed by atoms with van der Waals surface area (Å²) >= 11 is 0. The monoisotopic (exact) mass is 684 g/mol. The lowest BCUT2D eigenvalue weighted by atomic mass is 9.88. The van der Waals surface area contributed by atoms with E-state index in [0.29, 0.717) is 26.1 Å². The van der Waals surface area contributed by atoms with Crippen LogP contribution in [0.4, 0.5) is 0 Å². The molecule has 0 aliphatic carbocycles. The van der Waals surface area contributed by atoms with Crippen molar-refractivity contribution >= 4 is 18.7 Å². The maximum Gasteiger partial charge on any atom is 0.261 e. The second kappa shape index (κ2) is 16.6. The maximum atomic E-state index is 10.3. The zero-order valence-corrected chi connectivity index (χ0v) is 30.8. The van der Waals surface area contributed by atoms with Crippen molar-refractivity contribution in [1.29, 1.82) is 0 Å². The molecule has 49 heavy (non-hydrogen) atoms. The third kappa shape index (κ3) is 8.73. The van der Waals surface area contributed by atoms with Gasteiger partial charge in [-0.3, -0.25) is 0 Å². The Balaban J connectivity index is 1.18. The van der Waals surface area contributed by atoms with Crippen LogP contribution in [0.1, 0.15) is 52.5 Å². The highest BCUT2D eigenvalue weighted by atomic mass is 28.4. The number of rotatable bonds is 13. The van der Waals surface area contributed by atoms with Gasteiger partial charge in [-0.15, -0.1) is 0 Å². The topological polar surface area (TPSA) is 75.6 Å². The minimum Gasteiger partial charge on any atom is -0.497 e. The average molecular weight is 685 g/mol. The van der Waals surface area contributed by atoms with Gasteiger partial charge in [0, 0.05) is 25.9 Å². The quantitative estimate of drug-likeness (QED) is 0.134. The van der Waals surface area contributed by atoms with Crippen molar-refractivity contribution in [3.63, 3.8) is 0 Å². The molecule has 0 aromatic heterocycles. The zero-order chi connectivity index (χ0) is 34.9. The lowest BCUT2D eigenvalue weighted by molar-refractivity contribution is -0.270. The lowest BCUT2D eigenvalue weighted by Crippen LogP contribution is -2.67. The number of hydrogen-bond donors (Lipinski definition) is 1. The van der Waals surface area contributed by atoms with Gasteiger partial charge in [0.25, 0.3) is 8.32 Å². The molecule has 5 rings (SSSR count). The Morgan fingerprint density at radius 3 is 2.18 bits per heavy atom. The molecule has 3 aromatic rings. The molecule has 7 nitrogen and oxygen atoms in total. The molecule has 2 saturated heterocycles. The van der Waals surface area contributed by atoms with Gasteiger partial charge in [0.15, 0.2) is 0 Å². The van der Waals surface area contributed by atoms with Gasteiger partial charge in [-0.25, -0.2) is 0 Å². The van der Waals surface area contributed by atoms with Crippen LogP contribution in [-0.4, -0.2) is 71.1 Å². The number of hydrogen-bond acceptors (Lipinski definition) is 7. The van der Waals surface area contributed by atoms with Gasteiger partial charge in [0.2, 0.25) is 5.79 Å². The van der Waals surface area contributed by atoms with Gasteiger partial charge in [0.1, 0.15) is 5.75 Å². The highest BCUT2D eigenvalue weighted by Crippen LogP contribution is 2.42. The molecule has 6 atom stereocenters. The second-order valence-electron chi connectivity index (χ2n) is 14.0. The molecule has 1 N–H and O–H groups in total. The van der Waals surface area contributed by atoms with E-state index in [1.165, 1.54) is 10.4 Å². The van der Waals surface area contributed by atoms with E-state index >= 15 is 0 Å². The molecule has 2 aliphatic heterocycles. The van der Waals surface area contributed by atoms with Crippen molar-refractivity contribution in [1.82, 2.24) is 0 Å². The van der Waals surface area contributed by atoms with E-state index in [0.717, 1.165) is 17.7 Å². The third-order valence-electron chi connectivity index (χ3n) is 9.60. The maximum absolute atomic E-state index is 10.3. The van der Waals surface area contributed by atoms with E-state index in [2.05, 4.69) is 100 Å². The van der Waals surface area contributed by atoms with Crippen molar-refractivity contribution in [2.75, 3.05) is 27.4 Å². The van der Waals surface area contributed by atoms with E-state index in [1.807, 2.05) is 30.3 Å². The van der Waals surface area contributed by atoms with Gasteiger partial charge in [-0.1, -0.05) is 119 Å². The predicted octanol–water partition coefficient (Wildman–Crippen LogP) is 6.02. The van der Waals surface area contributed by atoms with E-state index in [9.17, 15) is 5.11 Å². The molecule has 2 aliphatic rings. The van der Waals surface area contributed by atoms with E-state index in [1.54, 1.807) is 20.3 Å². The molecule has 0 radical (unpaired) electrons.